The molecular formula is C5H13NNa2O6S4+2. The molecule has 18 heavy (non-hydrogen) atoms. The minimum Gasteiger partial charge on any atom is -0.746 e. The molecule has 0 radical (unpaired) electrons. The molecular weight excluding hydrogens is 344 g/mol. The molecule has 1 unspecified atom stereocenters. The van der Waals surface area contributed by atoms with E-state index in [-0.39, 0.29) is 80.9 Å². The average Bonchev–Trinajstić information content (AvgIpc) is 1.98. The zero-order valence-corrected chi connectivity index (χ0v) is 17.9. The van der Waals surface area contributed by atoms with Gasteiger partial charge in [-0.3, -0.25) is 14.0 Å². The smallest absolute Gasteiger partial charge is 0.746 e. The van der Waals surface area contributed by atoms with Crippen molar-refractivity contribution in [1.82, 2.24) is 4.90 Å². The summed E-state index contributed by atoms with van der Waals surface area (Å²) >= 11 is 0. The minimum atomic E-state index is -4.37. The molecule has 2 N–H and O–H groups in total. The van der Waals surface area contributed by atoms with Gasteiger partial charge in [-0.25, -0.2) is 4.21 Å². The van der Waals surface area contributed by atoms with Gasteiger partial charge in [-0.1, -0.05) is 0 Å². The second-order valence-electron chi connectivity index (χ2n) is 3.04. The van der Waals surface area contributed by atoms with Crippen LogP contribution in [0.2, 0.25) is 0 Å². The second kappa shape index (κ2) is 11.2. The number of rotatable bonds is 5. The van der Waals surface area contributed by atoms with Crippen LogP contribution in [-0.4, -0.2) is 63.2 Å². The SMILES string of the molecule is CN(C)C(C[S+]=S(=O)([O-])[O-])C[S+]=S(=O)(O)O.[Na+].[Na+]. The molecule has 0 aliphatic carbocycles. The molecule has 0 rings (SSSR count). The van der Waals surface area contributed by atoms with Gasteiger partial charge in [0.15, 0.2) is 0 Å². The Bertz CT molecular complexity index is 399. The fourth-order valence-corrected chi connectivity index (χ4v) is 4.29. The van der Waals surface area contributed by atoms with Gasteiger partial charge in [0, 0.05) is 0 Å². The van der Waals surface area contributed by atoms with Crippen LogP contribution in [0.15, 0.2) is 0 Å². The summed E-state index contributed by atoms with van der Waals surface area (Å²) in [7, 11) is -4.36. The van der Waals surface area contributed by atoms with E-state index in [9.17, 15) is 17.5 Å². The van der Waals surface area contributed by atoms with Crippen LogP contribution in [0.5, 0.6) is 0 Å². The molecule has 7 nitrogen and oxygen atoms in total. The van der Waals surface area contributed by atoms with Crippen LogP contribution in [-0.2, 0) is 38.7 Å². The van der Waals surface area contributed by atoms with Crippen molar-refractivity contribution in [3.63, 3.8) is 0 Å². The van der Waals surface area contributed by atoms with Crippen LogP contribution in [0.3, 0.4) is 0 Å². The Hall–Kier alpha value is 2.54. The van der Waals surface area contributed by atoms with E-state index in [0.29, 0.717) is 10.3 Å². The van der Waals surface area contributed by atoms with Crippen molar-refractivity contribution in [2.24, 2.45) is 0 Å². The molecule has 0 bridgehead atoms. The quantitative estimate of drug-likeness (QED) is 0.370. The van der Waals surface area contributed by atoms with Gasteiger partial charge in [-0.2, -0.15) is 4.21 Å². The zero-order valence-electron chi connectivity index (χ0n) is 10.6. The fourth-order valence-electron chi connectivity index (χ4n) is 0.675. The van der Waals surface area contributed by atoms with Gasteiger partial charge in [-0.15, -0.1) is 0 Å². The van der Waals surface area contributed by atoms with Crippen molar-refractivity contribution in [1.29, 1.82) is 0 Å². The number of nitrogens with zero attached hydrogens (tertiary/aromatic N) is 1. The molecule has 0 amide bonds. The Balaban J connectivity index is -0.00000112. The number of hydrogen-bond donors (Lipinski definition) is 2. The molecule has 0 aromatic rings. The molecule has 0 saturated carbocycles. The first-order valence-electron chi connectivity index (χ1n) is 3.91. The summed E-state index contributed by atoms with van der Waals surface area (Å²) in [6.07, 6.45) is 0. The second-order valence-corrected chi connectivity index (χ2v) is 9.83. The zero-order chi connectivity index (χ0) is 13.0. The van der Waals surface area contributed by atoms with Crippen molar-refractivity contribution >= 4 is 38.7 Å². The van der Waals surface area contributed by atoms with Crippen LogP contribution >= 0.6 is 0 Å². The summed E-state index contributed by atoms with van der Waals surface area (Å²) in [5.41, 5.74) is 0. The third-order valence-electron chi connectivity index (χ3n) is 1.55. The minimum absolute atomic E-state index is 0. The summed E-state index contributed by atoms with van der Waals surface area (Å²) < 4.78 is 59.0. The van der Waals surface area contributed by atoms with E-state index in [1.807, 2.05) is 0 Å². The Morgan fingerprint density at radius 2 is 1.50 bits per heavy atom. The predicted octanol–water partition coefficient (Wildman–Crippen LogP) is -7.30. The largest absolute Gasteiger partial charge is 1.00 e. The van der Waals surface area contributed by atoms with E-state index in [1.165, 1.54) is 0 Å². The van der Waals surface area contributed by atoms with E-state index in [1.54, 1.807) is 19.0 Å². The summed E-state index contributed by atoms with van der Waals surface area (Å²) in [6.45, 7) is 0. The van der Waals surface area contributed by atoms with E-state index in [2.05, 4.69) is 0 Å². The third-order valence-corrected chi connectivity index (χ3v) is 5.79. The fraction of sp³-hybridized carbons (Fsp3) is 1.00. The van der Waals surface area contributed by atoms with Gasteiger partial charge in [0.05, 0.1) is 9.05 Å². The van der Waals surface area contributed by atoms with E-state index in [0.717, 1.165) is 0 Å². The normalized spacial score (nSPS) is 13.3. The maximum Gasteiger partial charge on any atom is 1.00 e. The molecule has 0 spiro atoms. The van der Waals surface area contributed by atoms with E-state index >= 15 is 0 Å². The van der Waals surface area contributed by atoms with Crippen molar-refractivity contribution in [3.8, 4) is 0 Å². The van der Waals surface area contributed by atoms with Gasteiger partial charge >= 0.3 is 68.2 Å². The van der Waals surface area contributed by atoms with Crippen molar-refractivity contribution in [3.05, 3.63) is 0 Å². The van der Waals surface area contributed by atoms with Gasteiger partial charge < -0.3 is 9.11 Å². The summed E-state index contributed by atoms with van der Waals surface area (Å²) in [5.74, 6) is 0.0166. The summed E-state index contributed by atoms with van der Waals surface area (Å²) in [6, 6.07) is -0.404. The molecule has 0 aliphatic rings. The predicted molar refractivity (Wildman–Crippen MR) is 65.0 cm³/mol. The topological polar surface area (TPSA) is 124 Å². The molecule has 0 aromatic carbocycles. The Morgan fingerprint density at radius 3 is 1.78 bits per heavy atom. The van der Waals surface area contributed by atoms with Crippen LogP contribution in [0, 0.1) is 0 Å². The first kappa shape index (κ1) is 25.5. The first-order valence-corrected chi connectivity index (χ1v) is 9.80. The van der Waals surface area contributed by atoms with Gasteiger partial charge in [0.1, 0.15) is 6.04 Å². The Kier molecular flexibility index (Phi) is 15.8. The monoisotopic (exact) mass is 357 g/mol. The van der Waals surface area contributed by atoms with E-state index < -0.39 is 24.1 Å². The standard InChI is InChI=1S/C5H13NO6S4.2Na/c1-6(2)5(3-13-15(7,8)9)4-14-16(10,11)12;;/h5H,3-4H2,1-2H3,(H2-2,7,8,9,10,11,12);;/q;2*+1. The van der Waals surface area contributed by atoms with Crippen LogP contribution in [0.25, 0.3) is 0 Å². The molecule has 0 heterocycles. The van der Waals surface area contributed by atoms with Crippen LogP contribution in [0.1, 0.15) is 0 Å². The van der Waals surface area contributed by atoms with Crippen LogP contribution in [0.4, 0.5) is 0 Å². The molecule has 0 saturated heterocycles. The average molecular weight is 357 g/mol. The molecule has 98 valence electrons. The molecule has 13 heteroatoms. The third kappa shape index (κ3) is 16.6. The van der Waals surface area contributed by atoms with Crippen molar-refractivity contribution in [2.45, 2.75) is 6.04 Å². The molecule has 0 fully saturated rings. The Morgan fingerprint density at radius 1 is 1.11 bits per heavy atom. The van der Waals surface area contributed by atoms with Gasteiger partial charge in [0.2, 0.25) is 21.8 Å². The maximum atomic E-state index is 10.6. The van der Waals surface area contributed by atoms with Crippen molar-refractivity contribution in [2.75, 3.05) is 25.6 Å². The molecule has 0 aliphatic heterocycles. The van der Waals surface area contributed by atoms with Crippen LogP contribution < -0.4 is 59.1 Å². The van der Waals surface area contributed by atoms with Crippen molar-refractivity contribution < 1.29 is 85.7 Å². The first-order chi connectivity index (χ1) is 7.01. The molecule has 1 atom stereocenters. The summed E-state index contributed by atoms with van der Waals surface area (Å²) in [4.78, 5) is 1.61. The maximum absolute atomic E-state index is 10.6. The van der Waals surface area contributed by atoms with Gasteiger partial charge in [-0.05, 0) is 14.1 Å². The number of hydrogen-bond acceptors (Lipinski definition) is 5. The summed E-state index contributed by atoms with van der Waals surface area (Å²) in [5, 5.41) is 0. The molecule has 0 aromatic heterocycles. The van der Waals surface area contributed by atoms with E-state index in [4.69, 9.17) is 9.11 Å². The van der Waals surface area contributed by atoms with Gasteiger partial charge in [0.25, 0.3) is 10.3 Å². The Labute approximate surface area is 159 Å².